The van der Waals surface area contributed by atoms with Crippen molar-refractivity contribution in [3.63, 3.8) is 0 Å². The lowest BCUT2D eigenvalue weighted by Gasteiger charge is -2.25. The van der Waals surface area contributed by atoms with E-state index < -0.39 is 36.3 Å². The van der Waals surface area contributed by atoms with E-state index in [9.17, 15) is 19.2 Å². The number of carbonyl (C=O) groups is 4. The molecule has 0 spiro atoms. The van der Waals surface area contributed by atoms with Crippen LogP contribution in [-0.4, -0.2) is 59.6 Å². The van der Waals surface area contributed by atoms with Crippen LogP contribution in [0.2, 0.25) is 0 Å². The number of imidazole rings is 1. The van der Waals surface area contributed by atoms with E-state index in [0.717, 1.165) is 29.8 Å². The number of hydrogen-bond donors (Lipinski definition) is 1. The Morgan fingerprint density at radius 1 is 1.00 bits per heavy atom. The molecule has 0 bridgehead atoms. The molecular weight excluding hydrogens is 584 g/mol. The van der Waals surface area contributed by atoms with Crippen LogP contribution in [-0.2, 0) is 32.0 Å². The Morgan fingerprint density at radius 3 is 2.45 bits per heavy atom. The first kappa shape index (κ1) is 32.2. The molecule has 1 N–H and O–H groups in total. The summed E-state index contributed by atoms with van der Waals surface area (Å²) in [6, 6.07) is 19.5. The molecule has 0 aliphatic heterocycles. The molecule has 0 saturated heterocycles. The number of aryl methyl sites for hydroxylation is 1. The number of amides is 3. The van der Waals surface area contributed by atoms with Gasteiger partial charge in [0.1, 0.15) is 18.2 Å². The number of alkyl halides is 1. The van der Waals surface area contributed by atoms with E-state index in [1.165, 1.54) is 12.0 Å². The fraction of sp³-hybridized carbons (Fsp3) is 0.303. The van der Waals surface area contributed by atoms with Crippen LogP contribution < -0.4 is 10.2 Å². The number of halogens is 1. The molecule has 1 heterocycles. The maximum atomic E-state index is 13.4. The van der Waals surface area contributed by atoms with E-state index in [-0.39, 0.29) is 6.61 Å². The van der Waals surface area contributed by atoms with Gasteiger partial charge in [-0.05, 0) is 42.7 Å². The van der Waals surface area contributed by atoms with Gasteiger partial charge in [0.2, 0.25) is 5.91 Å². The monoisotopic (exact) mass is 618 g/mol. The normalized spacial score (nSPS) is 10.8. The summed E-state index contributed by atoms with van der Waals surface area (Å²) in [6.45, 7) is 3.75. The number of anilines is 1. The van der Waals surface area contributed by atoms with Crippen LogP contribution in [0.1, 0.15) is 48.4 Å². The number of nitrogens with one attached hydrogen (secondary N) is 1. The van der Waals surface area contributed by atoms with Crippen LogP contribution in [0.5, 0.6) is 0 Å². The Bertz CT molecular complexity index is 1650. The summed E-state index contributed by atoms with van der Waals surface area (Å²) < 4.78 is 12.2. The van der Waals surface area contributed by atoms with Crippen molar-refractivity contribution in [1.82, 2.24) is 14.9 Å². The highest BCUT2D eigenvalue weighted by molar-refractivity contribution is 6.28. The molecule has 230 valence electrons. The number of benzene rings is 3. The quantitative estimate of drug-likeness (QED) is 0.159. The molecule has 0 fully saturated rings. The van der Waals surface area contributed by atoms with E-state index in [1.54, 1.807) is 25.1 Å². The summed E-state index contributed by atoms with van der Waals surface area (Å²) in [5.41, 5.74) is 4.31. The van der Waals surface area contributed by atoms with Gasteiger partial charge in [-0.15, -0.1) is 11.6 Å². The molecule has 44 heavy (non-hydrogen) atoms. The number of imide groups is 1. The van der Waals surface area contributed by atoms with Gasteiger partial charge in [-0.1, -0.05) is 61.9 Å². The predicted molar refractivity (Wildman–Crippen MR) is 169 cm³/mol. The van der Waals surface area contributed by atoms with Crippen LogP contribution >= 0.6 is 11.6 Å². The summed E-state index contributed by atoms with van der Waals surface area (Å²) in [7, 11) is 1.34. The number of carbonyl (C=O) groups excluding carboxylic acids is 4. The van der Waals surface area contributed by atoms with Crippen LogP contribution in [0.25, 0.3) is 22.2 Å². The third-order valence-electron chi connectivity index (χ3n) is 6.99. The number of aromatic nitrogens is 2. The molecule has 0 unspecified atom stereocenters. The van der Waals surface area contributed by atoms with Crippen molar-refractivity contribution >= 4 is 52.2 Å². The number of hydrogen-bond acceptors (Lipinski definition) is 7. The van der Waals surface area contributed by atoms with Crippen LogP contribution in [0.4, 0.5) is 10.5 Å². The summed E-state index contributed by atoms with van der Waals surface area (Å²) in [6.07, 6.45) is 2.55. The molecule has 0 aliphatic carbocycles. The lowest BCUT2D eigenvalue weighted by molar-refractivity contribution is -0.141. The largest absolute Gasteiger partial charge is 0.465 e. The van der Waals surface area contributed by atoms with E-state index >= 15 is 0 Å². The summed E-state index contributed by atoms with van der Waals surface area (Å²) >= 11 is 5.66. The number of ether oxygens (including phenoxy) is 2. The van der Waals surface area contributed by atoms with Crippen molar-refractivity contribution in [2.24, 2.45) is 0 Å². The third kappa shape index (κ3) is 7.44. The number of methoxy groups -OCH3 is 1. The maximum absolute atomic E-state index is 13.4. The van der Waals surface area contributed by atoms with Crippen molar-refractivity contribution in [3.05, 3.63) is 83.7 Å². The number of fused-ring (bicyclic) bond motifs is 1. The highest BCUT2D eigenvalue weighted by Gasteiger charge is 2.26. The Hall–Kier alpha value is -4.70. The summed E-state index contributed by atoms with van der Waals surface area (Å²) in [5.74, 6) is -1.44. The lowest BCUT2D eigenvalue weighted by Crippen LogP contribution is -2.46. The molecule has 1 aromatic heterocycles. The van der Waals surface area contributed by atoms with Crippen molar-refractivity contribution in [3.8, 4) is 11.1 Å². The molecule has 0 aliphatic rings. The standard InChI is InChI=1S/C33H35ClN4O6/c1-4-6-15-28-35-26-14-10-13-25(32(41)43-3)31(26)38(28)20-22-16-17-24(23-11-8-7-9-12-23)27(18-22)37(21-30(40)44-5-2)33(42)36-29(39)19-34/h7-14,16-18H,4-6,15,19-21H2,1-3H3,(H,36,39,42). The topological polar surface area (TPSA) is 120 Å². The minimum atomic E-state index is -0.817. The van der Waals surface area contributed by atoms with Crippen LogP contribution in [0.3, 0.4) is 0 Å². The average molecular weight is 619 g/mol. The zero-order chi connectivity index (χ0) is 31.6. The zero-order valence-corrected chi connectivity index (χ0v) is 25.7. The maximum Gasteiger partial charge on any atom is 0.340 e. The van der Waals surface area contributed by atoms with Gasteiger partial charge in [0, 0.05) is 18.5 Å². The molecule has 0 atom stereocenters. The fourth-order valence-electron chi connectivity index (χ4n) is 4.97. The van der Waals surface area contributed by atoms with Crippen LogP contribution in [0, 0.1) is 0 Å². The van der Waals surface area contributed by atoms with E-state index in [1.807, 2.05) is 53.1 Å². The molecule has 4 rings (SSSR count). The number of urea groups is 1. The van der Waals surface area contributed by atoms with Gasteiger partial charge in [-0.2, -0.15) is 0 Å². The van der Waals surface area contributed by atoms with E-state index in [0.29, 0.717) is 40.8 Å². The second-order valence-electron chi connectivity index (χ2n) is 9.98. The van der Waals surface area contributed by atoms with Gasteiger partial charge in [0.15, 0.2) is 0 Å². The molecule has 0 saturated carbocycles. The highest BCUT2D eigenvalue weighted by Crippen LogP contribution is 2.33. The molecule has 3 amide bonds. The average Bonchev–Trinajstić information content (AvgIpc) is 3.39. The van der Waals surface area contributed by atoms with Gasteiger partial charge in [-0.25, -0.2) is 14.6 Å². The minimum Gasteiger partial charge on any atom is -0.465 e. The number of esters is 2. The van der Waals surface area contributed by atoms with Gasteiger partial charge in [-0.3, -0.25) is 19.8 Å². The minimum absolute atomic E-state index is 0.122. The van der Waals surface area contributed by atoms with Crippen molar-refractivity contribution in [1.29, 1.82) is 0 Å². The molecule has 11 heteroatoms. The number of unbranched alkanes of at least 4 members (excludes halogenated alkanes) is 1. The Labute approximate surface area is 260 Å². The van der Waals surface area contributed by atoms with Gasteiger partial charge >= 0.3 is 18.0 Å². The first-order chi connectivity index (χ1) is 21.3. The first-order valence-corrected chi connectivity index (χ1v) is 14.9. The second-order valence-corrected chi connectivity index (χ2v) is 10.2. The van der Waals surface area contributed by atoms with Crippen molar-refractivity contribution in [2.75, 3.05) is 31.0 Å². The molecule has 4 aromatic rings. The van der Waals surface area contributed by atoms with E-state index in [4.69, 9.17) is 26.1 Å². The number of rotatable bonds is 12. The second kappa shape index (κ2) is 15.2. The Balaban J connectivity index is 1.89. The Kier molecular flexibility index (Phi) is 11.1. The summed E-state index contributed by atoms with van der Waals surface area (Å²) in [4.78, 5) is 57.0. The highest BCUT2D eigenvalue weighted by atomic mass is 35.5. The van der Waals surface area contributed by atoms with Gasteiger partial charge in [0.25, 0.3) is 0 Å². The first-order valence-electron chi connectivity index (χ1n) is 14.4. The van der Waals surface area contributed by atoms with Gasteiger partial charge < -0.3 is 14.0 Å². The molecular formula is C33H35ClN4O6. The van der Waals surface area contributed by atoms with Crippen molar-refractivity contribution in [2.45, 2.75) is 39.7 Å². The summed E-state index contributed by atoms with van der Waals surface area (Å²) in [5, 5.41) is 2.24. The van der Waals surface area contributed by atoms with Gasteiger partial charge in [0.05, 0.1) is 36.0 Å². The number of para-hydroxylation sites is 1. The lowest BCUT2D eigenvalue weighted by atomic mass is 10.00. The van der Waals surface area contributed by atoms with Crippen LogP contribution in [0.15, 0.2) is 66.7 Å². The van der Waals surface area contributed by atoms with Crippen molar-refractivity contribution < 1.29 is 28.7 Å². The predicted octanol–water partition coefficient (Wildman–Crippen LogP) is 5.73. The number of nitrogens with zero attached hydrogens (tertiary/aromatic N) is 3. The van der Waals surface area contributed by atoms with E-state index in [2.05, 4.69) is 12.2 Å². The smallest absolute Gasteiger partial charge is 0.340 e. The third-order valence-corrected chi connectivity index (χ3v) is 7.23. The molecule has 0 radical (unpaired) electrons. The molecule has 10 nitrogen and oxygen atoms in total. The zero-order valence-electron chi connectivity index (χ0n) is 25.0. The Morgan fingerprint density at radius 2 is 1.77 bits per heavy atom. The molecule has 3 aromatic carbocycles. The SMILES string of the molecule is CCCCc1nc2cccc(C(=O)OC)c2n1Cc1ccc(-c2ccccc2)c(N(CC(=O)OCC)C(=O)NC(=O)CCl)c1. The fourth-order valence-corrected chi connectivity index (χ4v) is 5.04.